The van der Waals surface area contributed by atoms with Gasteiger partial charge in [-0.2, -0.15) is 11.1 Å². The number of pyridine rings is 1. The van der Waals surface area contributed by atoms with Crippen LogP contribution in [-0.4, -0.2) is 20.9 Å². The Morgan fingerprint density at radius 2 is 1.76 bits per heavy atom. The van der Waals surface area contributed by atoms with Crippen molar-refractivity contribution < 1.29 is 24.5 Å². The van der Waals surface area contributed by atoms with Crippen molar-refractivity contribution in [3.63, 3.8) is 0 Å². The van der Waals surface area contributed by atoms with E-state index in [4.69, 9.17) is 15.6 Å². The average Bonchev–Trinajstić information content (AvgIpc) is 3.12. The summed E-state index contributed by atoms with van der Waals surface area (Å²) in [6, 6.07) is 18.8. The molecule has 2 aromatic carbocycles. The van der Waals surface area contributed by atoms with Gasteiger partial charge in [0.25, 0.3) is 0 Å². The SMILES string of the molecule is CC(=O)[N+](O)(ON)C(c1ccc(OCc2ccc3ccccc3n2)cc1)C1CCCCCC1. The molecule has 7 nitrogen and oxygen atoms in total. The number of quaternary nitrogens is 1. The molecule has 0 bridgehead atoms. The molecule has 1 amide bonds. The molecular weight excluding hydrogens is 418 g/mol. The summed E-state index contributed by atoms with van der Waals surface area (Å²) in [5.74, 6) is 5.66. The molecule has 1 saturated carbocycles. The first-order valence-corrected chi connectivity index (χ1v) is 11.6. The van der Waals surface area contributed by atoms with Crippen molar-refractivity contribution in [2.24, 2.45) is 11.8 Å². The number of fused-ring (bicyclic) bond motifs is 1. The van der Waals surface area contributed by atoms with Gasteiger partial charge >= 0.3 is 5.91 Å². The van der Waals surface area contributed by atoms with Crippen LogP contribution < -0.4 is 10.6 Å². The van der Waals surface area contributed by atoms with Crippen LogP contribution in [0, 0.1) is 5.92 Å². The van der Waals surface area contributed by atoms with Gasteiger partial charge in [-0.25, -0.2) is 9.78 Å². The fraction of sp³-hybridized carbons (Fsp3) is 0.385. The van der Waals surface area contributed by atoms with Crippen LogP contribution in [0.2, 0.25) is 0 Å². The summed E-state index contributed by atoms with van der Waals surface area (Å²) in [4.78, 5) is 20.6. The molecule has 3 N–H and O–H groups in total. The number of amides is 1. The van der Waals surface area contributed by atoms with Gasteiger partial charge in [0.15, 0.2) is 6.04 Å². The topological polar surface area (TPSA) is 94.7 Å². The van der Waals surface area contributed by atoms with Crippen molar-refractivity contribution in [1.82, 2.24) is 4.98 Å². The number of nitrogens with zero attached hydrogens (tertiary/aromatic N) is 2. The van der Waals surface area contributed by atoms with E-state index in [-0.39, 0.29) is 5.92 Å². The highest BCUT2D eigenvalue weighted by Gasteiger charge is 2.49. The summed E-state index contributed by atoms with van der Waals surface area (Å²) in [5, 5.41) is 12.2. The lowest BCUT2D eigenvalue weighted by atomic mass is 9.86. The lowest BCUT2D eigenvalue weighted by Crippen LogP contribution is -2.55. The lowest BCUT2D eigenvalue weighted by molar-refractivity contribution is -1.21. The lowest BCUT2D eigenvalue weighted by Gasteiger charge is -2.34. The predicted octanol–water partition coefficient (Wildman–Crippen LogP) is 5.38. The van der Waals surface area contributed by atoms with Crippen molar-refractivity contribution in [2.75, 3.05) is 0 Å². The Morgan fingerprint density at radius 1 is 1.06 bits per heavy atom. The van der Waals surface area contributed by atoms with E-state index in [9.17, 15) is 10.0 Å². The first-order valence-electron chi connectivity index (χ1n) is 11.6. The average molecular weight is 451 g/mol. The Labute approximate surface area is 194 Å². The number of carbonyl (C=O) groups excluding carboxylic acids is 1. The van der Waals surface area contributed by atoms with E-state index in [0.29, 0.717) is 12.4 Å². The molecule has 1 aliphatic rings. The number of carbonyl (C=O) groups is 1. The maximum atomic E-state index is 12.3. The zero-order valence-corrected chi connectivity index (χ0v) is 19.0. The smallest absolute Gasteiger partial charge is 0.377 e. The molecule has 174 valence electrons. The first-order chi connectivity index (χ1) is 16.0. The van der Waals surface area contributed by atoms with Crippen LogP contribution in [0.3, 0.4) is 0 Å². The number of nitrogens with two attached hydrogens (primary N) is 1. The second kappa shape index (κ2) is 10.4. The quantitative estimate of drug-likeness (QED) is 0.217. The molecule has 1 fully saturated rings. The first kappa shape index (κ1) is 23.3. The zero-order valence-electron chi connectivity index (χ0n) is 19.0. The number of hydroxylamine groups is 4. The van der Waals surface area contributed by atoms with Gasteiger partial charge in [-0.15, -0.1) is 0 Å². The van der Waals surface area contributed by atoms with Crippen LogP contribution in [0.1, 0.15) is 62.7 Å². The Kier molecular flexibility index (Phi) is 7.35. The minimum absolute atomic E-state index is 0.0820. The standard InChI is InChI=1S/C26H32N3O4/c1-19(30)29(31,33-27)26(21-9-4-2-3-5-10-21)22-13-16-24(17-14-22)32-18-23-15-12-20-8-6-7-11-25(20)28-23/h6-8,11-17,21,26,31H,2-5,9-10,18,27H2,1H3/q+1. The number of benzene rings is 2. The van der Waals surface area contributed by atoms with Crippen LogP contribution in [0.5, 0.6) is 5.75 Å². The molecule has 1 aromatic heterocycles. The highest BCUT2D eigenvalue weighted by molar-refractivity contribution is 5.78. The minimum atomic E-state index is -1.26. The van der Waals surface area contributed by atoms with Crippen molar-refractivity contribution in [3.05, 3.63) is 71.9 Å². The molecule has 3 aromatic rings. The van der Waals surface area contributed by atoms with Gasteiger partial charge in [-0.1, -0.05) is 54.9 Å². The molecule has 7 heteroatoms. The van der Waals surface area contributed by atoms with E-state index >= 15 is 0 Å². The van der Waals surface area contributed by atoms with E-state index < -0.39 is 16.8 Å². The van der Waals surface area contributed by atoms with Gasteiger partial charge < -0.3 is 4.74 Å². The van der Waals surface area contributed by atoms with Gasteiger partial charge in [0.05, 0.1) is 18.1 Å². The van der Waals surface area contributed by atoms with E-state index in [1.807, 2.05) is 60.7 Å². The third-order valence-electron chi connectivity index (χ3n) is 6.60. The summed E-state index contributed by atoms with van der Waals surface area (Å²) in [7, 11) is 0. The number of aromatic nitrogens is 1. The number of rotatable bonds is 7. The number of hydrogen-bond donors (Lipinski definition) is 2. The third kappa shape index (κ3) is 5.23. The normalized spacial score (nSPS) is 17.8. The summed E-state index contributed by atoms with van der Waals surface area (Å²) < 4.78 is 5.95. The maximum absolute atomic E-state index is 12.3. The van der Waals surface area contributed by atoms with Gasteiger partial charge in [-0.05, 0) is 49.2 Å². The van der Waals surface area contributed by atoms with Crippen molar-refractivity contribution in [3.8, 4) is 5.75 Å². The van der Waals surface area contributed by atoms with Crippen LogP contribution in [0.25, 0.3) is 10.9 Å². The summed E-state index contributed by atoms with van der Waals surface area (Å²) in [5.41, 5.74) is 2.57. The van der Waals surface area contributed by atoms with Crippen LogP contribution in [0.15, 0.2) is 60.7 Å². The number of hydrogen-bond acceptors (Lipinski definition) is 6. The molecule has 0 spiro atoms. The van der Waals surface area contributed by atoms with Crippen molar-refractivity contribution >= 4 is 16.8 Å². The fourth-order valence-electron chi connectivity index (χ4n) is 4.83. The van der Waals surface area contributed by atoms with Crippen LogP contribution >= 0.6 is 0 Å². The van der Waals surface area contributed by atoms with E-state index in [1.165, 1.54) is 6.92 Å². The molecule has 33 heavy (non-hydrogen) atoms. The van der Waals surface area contributed by atoms with Crippen molar-refractivity contribution in [1.29, 1.82) is 0 Å². The molecule has 0 aliphatic heterocycles. The summed E-state index contributed by atoms with van der Waals surface area (Å²) in [6.45, 7) is 1.64. The van der Waals surface area contributed by atoms with Crippen LogP contribution in [0.4, 0.5) is 0 Å². The molecule has 4 rings (SSSR count). The minimum Gasteiger partial charge on any atom is -0.487 e. The van der Waals surface area contributed by atoms with E-state index in [2.05, 4.69) is 4.98 Å². The van der Waals surface area contributed by atoms with Crippen molar-refractivity contribution in [2.45, 2.75) is 58.1 Å². The Bertz CT molecular complexity index is 1080. The molecule has 1 aliphatic carbocycles. The zero-order chi connectivity index (χ0) is 23.3. The molecule has 2 unspecified atom stereocenters. The molecular formula is C26H32N3O4+. The van der Waals surface area contributed by atoms with Gasteiger partial charge in [-0.3, -0.25) is 0 Å². The largest absolute Gasteiger partial charge is 0.487 e. The van der Waals surface area contributed by atoms with E-state index in [0.717, 1.165) is 60.7 Å². The van der Waals surface area contributed by atoms with E-state index in [1.54, 1.807) is 0 Å². The van der Waals surface area contributed by atoms with Gasteiger partial charge in [0.1, 0.15) is 12.4 Å². The highest BCUT2D eigenvalue weighted by Crippen LogP contribution is 2.41. The maximum Gasteiger partial charge on any atom is 0.377 e. The van der Waals surface area contributed by atoms with Gasteiger partial charge in [0.2, 0.25) is 0 Å². The molecule has 0 radical (unpaired) electrons. The highest BCUT2D eigenvalue weighted by atomic mass is 17.0. The fourth-order valence-corrected chi connectivity index (χ4v) is 4.83. The summed E-state index contributed by atoms with van der Waals surface area (Å²) in [6.07, 6.45) is 6.26. The monoisotopic (exact) mass is 450 g/mol. The number of para-hydroxylation sites is 1. The second-order valence-electron chi connectivity index (χ2n) is 8.80. The molecule has 1 heterocycles. The third-order valence-corrected chi connectivity index (χ3v) is 6.60. The van der Waals surface area contributed by atoms with Gasteiger partial charge in [0, 0.05) is 21.7 Å². The molecule has 2 atom stereocenters. The predicted molar refractivity (Wildman–Crippen MR) is 124 cm³/mol. The number of ether oxygens (including phenoxy) is 1. The van der Waals surface area contributed by atoms with Crippen LogP contribution in [-0.2, 0) is 16.3 Å². The Balaban J connectivity index is 1.53. The Morgan fingerprint density at radius 3 is 2.42 bits per heavy atom. The molecule has 0 saturated heterocycles. The summed E-state index contributed by atoms with van der Waals surface area (Å²) >= 11 is 0. The Hall–Kier alpha value is -2.84. The second-order valence-corrected chi connectivity index (χ2v) is 8.80.